The van der Waals surface area contributed by atoms with Crippen molar-refractivity contribution in [3.63, 3.8) is 0 Å². The molecule has 4 nitrogen and oxygen atoms in total. The third-order valence-corrected chi connectivity index (χ3v) is 2.82. The highest BCUT2D eigenvalue weighted by molar-refractivity contribution is 5.57. The zero-order valence-corrected chi connectivity index (χ0v) is 10.6. The number of H-pyrrole nitrogens is 1. The van der Waals surface area contributed by atoms with Crippen molar-refractivity contribution in [3.8, 4) is 11.4 Å². The van der Waals surface area contributed by atoms with Crippen LogP contribution in [0.4, 0.5) is 4.39 Å². The van der Waals surface area contributed by atoms with Crippen LogP contribution in [0.25, 0.3) is 11.4 Å². The Morgan fingerprint density at radius 2 is 2.22 bits per heavy atom. The van der Waals surface area contributed by atoms with Gasteiger partial charge in [-0.1, -0.05) is 13.3 Å². The van der Waals surface area contributed by atoms with E-state index in [0.29, 0.717) is 5.69 Å². The summed E-state index contributed by atoms with van der Waals surface area (Å²) in [5.74, 6) is 0.408. The molecule has 18 heavy (non-hydrogen) atoms. The van der Waals surface area contributed by atoms with Crippen molar-refractivity contribution in [1.29, 1.82) is 0 Å². The molecule has 0 aliphatic rings. The highest BCUT2D eigenvalue weighted by Gasteiger charge is 2.14. The molecule has 1 unspecified atom stereocenters. The lowest BCUT2D eigenvalue weighted by Gasteiger charge is -2.05. The van der Waals surface area contributed by atoms with Crippen LogP contribution in [0.2, 0.25) is 0 Å². The van der Waals surface area contributed by atoms with Crippen LogP contribution in [0.5, 0.6) is 0 Å². The molecule has 5 heteroatoms. The number of imidazole rings is 1. The summed E-state index contributed by atoms with van der Waals surface area (Å²) in [4.78, 5) is 11.7. The van der Waals surface area contributed by atoms with E-state index in [1.54, 1.807) is 6.07 Å². The van der Waals surface area contributed by atoms with Gasteiger partial charge in [0.15, 0.2) is 0 Å². The van der Waals surface area contributed by atoms with Gasteiger partial charge in [0.1, 0.15) is 17.3 Å². The maximum Gasteiger partial charge on any atom is 0.141 e. The molecule has 2 aromatic heterocycles. The second kappa shape index (κ2) is 5.27. The first kappa shape index (κ1) is 12.7. The van der Waals surface area contributed by atoms with Gasteiger partial charge in [-0.3, -0.25) is 4.98 Å². The molecule has 96 valence electrons. The summed E-state index contributed by atoms with van der Waals surface area (Å²) in [5, 5.41) is 0. The summed E-state index contributed by atoms with van der Waals surface area (Å²) in [7, 11) is 0. The Morgan fingerprint density at radius 1 is 1.44 bits per heavy atom. The monoisotopic (exact) mass is 248 g/mol. The third kappa shape index (κ3) is 2.56. The standard InChI is InChI=1S/C13H17FN4/c1-3-4-10(15)13-17-8(2)12(18-13)11-6-5-9(14)7-16-11/h5-7,10H,3-4,15H2,1-2H3,(H,17,18). The Balaban J connectivity index is 2.31. The van der Waals surface area contributed by atoms with E-state index >= 15 is 0 Å². The van der Waals surface area contributed by atoms with Gasteiger partial charge in [0.2, 0.25) is 0 Å². The number of aryl methyl sites for hydroxylation is 1. The van der Waals surface area contributed by atoms with Crippen molar-refractivity contribution in [3.05, 3.63) is 35.7 Å². The molecule has 2 rings (SSSR count). The Hall–Kier alpha value is -1.75. The largest absolute Gasteiger partial charge is 0.344 e. The van der Waals surface area contributed by atoms with E-state index in [2.05, 4.69) is 21.9 Å². The van der Waals surface area contributed by atoms with Gasteiger partial charge in [0.05, 0.1) is 17.9 Å². The smallest absolute Gasteiger partial charge is 0.141 e. The number of pyridine rings is 1. The molecule has 0 aromatic carbocycles. The fourth-order valence-electron chi connectivity index (χ4n) is 1.87. The van der Waals surface area contributed by atoms with Gasteiger partial charge in [-0.2, -0.15) is 0 Å². The molecule has 2 heterocycles. The van der Waals surface area contributed by atoms with Crippen LogP contribution in [0, 0.1) is 12.7 Å². The predicted molar refractivity (Wildman–Crippen MR) is 68.4 cm³/mol. The number of nitrogens with zero attached hydrogens (tertiary/aromatic N) is 2. The Labute approximate surface area is 105 Å². The number of aromatic nitrogens is 3. The van der Waals surface area contributed by atoms with E-state index in [9.17, 15) is 4.39 Å². The van der Waals surface area contributed by atoms with Crippen LogP contribution < -0.4 is 5.73 Å². The Kier molecular flexibility index (Phi) is 3.72. The lowest BCUT2D eigenvalue weighted by molar-refractivity contribution is 0.608. The first-order chi connectivity index (χ1) is 8.61. The minimum atomic E-state index is -0.352. The van der Waals surface area contributed by atoms with Gasteiger partial charge >= 0.3 is 0 Å². The first-order valence-electron chi connectivity index (χ1n) is 6.05. The molecule has 0 bridgehead atoms. The molecule has 0 saturated carbocycles. The number of nitrogens with two attached hydrogens (primary N) is 1. The molecule has 0 fully saturated rings. The summed E-state index contributed by atoms with van der Waals surface area (Å²) in [6, 6.07) is 2.90. The van der Waals surface area contributed by atoms with Gasteiger partial charge in [-0.15, -0.1) is 0 Å². The van der Waals surface area contributed by atoms with E-state index in [-0.39, 0.29) is 11.9 Å². The van der Waals surface area contributed by atoms with Crippen LogP contribution in [-0.4, -0.2) is 15.0 Å². The highest BCUT2D eigenvalue weighted by atomic mass is 19.1. The topological polar surface area (TPSA) is 67.6 Å². The SMILES string of the molecule is CCCC(N)c1nc(-c2ccc(F)cn2)c(C)[nH]1. The molecule has 0 spiro atoms. The van der Waals surface area contributed by atoms with E-state index < -0.39 is 0 Å². The second-order valence-corrected chi connectivity index (χ2v) is 4.35. The van der Waals surface area contributed by atoms with Gasteiger partial charge in [-0.05, 0) is 25.5 Å². The Bertz CT molecular complexity index is 518. The second-order valence-electron chi connectivity index (χ2n) is 4.35. The van der Waals surface area contributed by atoms with Crippen LogP contribution in [0.15, 0.2) is 18.3 Å². The Morgan fingerprint density at radius 3 is 2.83 bits per heavy atom. The predicted octanol–water partition coefficient (Wildman–Crippen LogP) is 2.72. The number of nitrogens with one attached hydrogen (secondary N) is 1. The van der Waals surface area contributed by atoms with Gasteiger partial charge in [0, 0.05) is 5.69 Å². The van der Waals surface area contributed by atoms with E-state index in [1.807, 2.05) is 6.92 Å². The van der Waals surface area contributed by atoms with Crippen LogP contribution >= 0.6 is 0 Å². The van der Waals surface area contributed by atoms with Gasteiger partial charge in [0.25, 0.3) is 0 Å². The third-order valence-electron chi connectivity index (χ3n) is 2.82. The molecule has 3 N–H and O–H groups in total. The lowest BCUT2D eigenvalue weighted by Crippen LogP contribution is -2.11. The summed E-state index contributed by atoms with van der Waals surface area (Å²) < 4.78 is 12.8. The number of hydrogen-bond acceptors (Lipinski definition) is 3. The molecule has 0 amide bonds. The summed E-state index contributed by atoms with van der Waals surface area (Å²) in [6.45, 7) is 3.99. The number of rotatable bonds is 4. The lowest BCUT2D eigenvalue weighted by atomic mass is 10.2. The van der Waals surface area contributed by atoms with Crippen LogP contribution in [0.3, 0.4) is 0 Å². The zero-order chi connectivity index (χ0) is 13.1. The normalized spacial score (nSPS) is 12.7. The summed E-state index contributed by atoms with van der Waals surface area (Å²) >= 11 is 0. The van der Waals surface area contributed by atoms with E-state index in [0.717, 1.165) is 30.1 Å². The quantitative estimate of drug-likeness (QED) is 0.874. The van der Waals surface area contributed by atoms with E-state index in [1.165, 1.54) is 12.3 Å². The molecule has 2 aromatic rings. The highest BCUT2D eigenvalue weighted by Crippen LogP contribution is 2.22. The van der Waals surface area contributed by atoms with Crippen molar-refractivity contribution < 1.29 is 4.39 Å². The number of halogens is 1. The molecular weight excluding hydrogens is 231 g/mol. The van der Waals surface area contributed by atoms with Crippen LogP contribution in [0.1, 0.15) is 37.3 Å². The van der Waals surface area contributed by atoms with Crippen molar-refractivity contribution in [1.82, 2.24) is 15.0 Å². The average molecular weight is 248 g/mol. The molecular formula is C13H17FN4. The van der Waals surface area contributed by atoms with Crippen LogP contribution in [-0.2, 0) is 0 Å². The summed E-state index contributed by atoms with van der Waals surface area (Å²) in [5.41, 5.74) is 8.30. The summed E-state index contributed by atoms with van der Waals surface area (Å²) in [6.07, 6.45) is 3.07. The first-order valence-corrected chi connectivity index (χ1v) is 6.05. The molecule has 0 saturated heterocycles. The number of aromatic amines is 1. The van der Waals surface area contributed by atoms with Crippen molar-refractivity contribution in [2.45, 2.75) is 32.7 Å². The van der Waals surface area contributed by atoms with Gasteiger partial charge < -0.3 is 10.7 Å². The number of hydrogen-bond donors (Lipinski definition) is 2. The molecule has 0 radical (unpaired) electrons. The minimum Gasteiger partial charge on any atom is -0.344 e. The van der Waals surface area contributed by atoms with E-state index in [4.69, 9.17) is 5.73 Å². The molecule has 1 atom stereocenters. The fourth-order valence-corrected chi connectivity index (χ4v) is 1.87. The van der Waals surface area contributed by atoms with Crippen molar-refractivity contribution in [2.24, 2.45) is 5.73 Å². The maximum atomic E-state index is 12.8. The van der Waals surface area contributed by atoms with Crippen molar-refractivity contribution in [2.75, 3.05) is 0 Å². The molecule has 0 aliphatic carbocycles. The fraction of sp³-hybridized carbons (Fsp3) is 0.385. The molecule has 0 aliphatic heterocycles. The average Bonchev–Trinajstić information content (AvgIpc) is 2.73. The zero-order valence-electron chi connectivity index (χ0n) is 10.6. The minimum absolute atomic E-state index is 0.0945. The van der Waals surface area contributed by atoms with Gasteiger partial charge in [-0.25, -0.2) is 9.37 Å². The van der Waals surface area contributed by atoms with Crippen molar-refractivity contribution >= 4 is 0 Å². The maximum absolute atomic E-state index is 12.8.